The normalized spacial score (nSPS) is 20.7. The minimum Gasteiger partial charge on any atom is -0.347 e. The summed E-state index contributed by atoms with van der Waals surface area (Å²) in [6, 6.07) is 12.6. The topological polar surface area (TPSA) is 38.0 Å². The van der Waals surface area contributed by atoms with Gasteiger partial charge >= 0.3 is 0 Å². The van der Waals surface area contributed by atoms with Crippen LogP contribution < -0.4 is 15.1 Å². The van der Waals surface area contributed by atoms with E-state index in [2.05, 4.69) is 41.9 Å². The molecule has 2 aromatic rings. The quantitative estimate of drug-likeness (QED) is 0.658. The number of hydrogen-bond donors (Lipinski definition) is 3. The molecule has 1 aliphatic rings. The van der Waals surface area contributed by atoms with E-state index in [1.807, 2.05) is 23.5 Å². The van der Waals surface area contributed by atoms with Gasteiger partial charge in [0.1, 0.15) is 32.7 Å². The van der Waals surface area contributed by atoms with Crippen LogP contribution in [0.4, 0.5) is 0 Å². The molecule has 5 heteroatoms. The van der Waals surface area contributed by atoms with Crippen LogP contribution in [-0.2, 0) is 17.9 Å². The van der Waals surface area contributed by atoms with Gasteiger partial charge in [-0.15, -0.1) is 11.3 Å². The van der Waals surface area contributed by atoms with E-state index in [0.717, 1.165) is 32.7 Å². The first-order valence-electron chi connectivity index (χ1n) is 8.71. The zero-order chi connectivity index (χ0) is 16.8. The smallest absolute Gasteiger partial charge is 0.275 e. The highest BCUT2D eigenvalue weighted by molar-refractivity contribution is 7.09. The molecule has 128 valence electrons. The third-order valence-corrected chi connectivity index (χ3v) is 5.69. The standard InChI is InChI=1S/C19H25N3OS/c1-16-5-2-3-6-17(16)13-20-19(23)15-22-10-8-21(9-11-22)14-18-7-4-12-24-18/h2-7,12H,8-11,13-15H2,1H3,(H,20,23)/p+2. The molecule has 1 aliphatic heterocycles. The Morgan fingerprint density at radius 2 is 1.83 bits per heavy atom. The first kappa shape index (κ1) is 17.1. The van der Waals surface area contributed by atoms with Crippen LogP contribution in [-0.4, -0.2) is 38.6 Å². The number of quaternary nitrogens is 2. The van der Waals surface area contributed by atoms with E-state index < -0.39 is 0 Å². The van der Waals surface area contributed by atoms with Crippen molar-refractivity contribution >= 4 is 17.2 Å². The SMILES string of the molecule is Cc1ccccc1CNC(=O)C[NH+]1CC[NH+](Cc2cccs2)CC1. The van der Waals surface area contributed by atoms with E-state index in [-0.39, 0.29) is 5.91 Å². The number of aryl methyl sites for hydroxylation is 1. The average molecular weight is 346 g/mol. The Bertz CT molecular complexity index is 648. The van der Waals surface area contributed by atoms with Crippen molar-refractivity contribution in [3.8, 4) is 0 Å². The predicted molar refractivity (Wildman–Crippen MR) is 97.3 cm³/mol. The van der Waals surface area contributed by atoms with Gasteiger partial charge in [0.15, 0.2) is 6.54 Å². The van der Waals surface area contributed by atoms with Crippen LogP contribution >= 0.6 is 11.3 Å². The lowest BCUT2D eigenvalue weighted by molar-refractivity contribution is -1.01. The van der Waals surface area contributed by atoms with Gasteiger partial charge in [-0.3, -0.25) is 4.79 Å². The number of piperazine rings is 1. The fourth-order valence-electron chi connectivity index (χ4n) is 3.26. The van der Waals surface area contributed by atoms with Crippen molar-refractivity contribution in [3.63, 3.8) is 0 Å². The molecule has 0 atom stereocenters. The van der Waals surface area contributed by atoms with Gasteiger partial charge in [0.2, 0.25) is 0 Å². The minimum absolute atomic E-state index is 0.162. The molecule has 24 heavy (non-hydrogen) atoms. The van der Waals surface area contributed by atoms with Crippen molar-refractivity contribution in [1.82, 2.24) is 5.32 Å². The number of nitrogens with one attached hydrogen (secondary N) is 3. The molecule has 1 aromatic carbocycles. The minimum atomic E-state index is 0.162. The molecule has 2 heterocycles. The Hall–Kier alpha value is -1.69. The monoisotopic (exact) mass is 345 g/mol. The summed E-state index contributed by atoms with van der Waals surface area (Å²) in [7, 11) is 0. The lowest BCUT2D eigenvalue weighted by atomic mass is 10.1. The summed E-state index contributed by atoms with van der Waals surface area (Å²) in [5.74, 6) is 0.162. The van der Waals surface area contributed by atoms with Crippen LogP contribution in [0.3, 0.4) is 0 Å². The Morgan fingerprint density at radius 1 is 1.08 bits per heavy atom. The Kier molecular flexibility index (Phi) is 6.01. The molecule has 0 aliphatic carbocycles. The summed E-state index contributed by atoms with van der Waals surface area (Å²) in [4.78, 5) is 16.7. The molecule has 1 amide bonds. The van der Waals surface area contributed by atoms with Crippen LogP contribution in [0.15, 0.2) is 41.8 Å². The highest BCUT2D eigenvalue weighted by Crippen LogP contribution is 2.06. The first-order valence-corrected chi connectivity index (χ1v) is 9.59. The molecule has 3 N–H and O–H groups in total. The van der Waals surface area contributed by atoms with Gasteiger partial charge in [-0.1, -0.05) is 30.3 Å². The van der Waals surface area contributed by atoms with E-state index in [4.69, 9.17) is 0 Å². The molecule has 3 rings (SSSR count). The van der Waals surface area contributed by atoms with Crippen LogP contribution in [0.2, 0.25) is 0 Å². The van der Waals surface area contributed by atoms with Gasteiger partial charge in [0.25, 0.3) is 5.91 Å². The molecule has 0 radical (unpaired) electrons. The van der Waals surface area contributed by atoms with Crippen molar-refractivity contribution in [1.29, 1.82) is 0 Å². The van der Waals surface area contributed by atoms with Crippen molar-refractivity contribution in [2.75, 3.05) is 32.7 Å². The second-order valence-electron chi connectivity index (χ2n) is 6.64. The number of thiophene rings is 1. The molecule has 1 aromatic heterocycles. The second-order valence-corrected chi connectivity index (χ2v) is 7.67. The summed E-state index contributed by atoms with van der Waals surface area (Å²) in [6.07, 6.45) is 0. The van der Waals surface area contributed by atoms with Crippen LogP contribution in [0.25, 0.3) is 0 Å². The Morgan fingerprint density at radius 3 is 2.54 bits per heavy atom. The van der Waals surface area contributed by atoms with Gasteiger partial charge in [-0.05, 0) is 29.5 Å². The Balaban J connectivity index is 1.38. The van der Waals surface area contributed by atoms with Crippen molar-refractivity contribution in [2.24, 2.45) is 0 Å². The van der Waals surface area contributed by atoms with Gasteiger partial charge < -0.3 is 15.1 Å². The van der Waals surface area contributed by atoms with Crippen molar-refractivity contribution in [3.05, 3.63) is 57.8 Å². The number of hydrogen-bond acceptors (Lipinski definition) is 2. The van der Waals surface area contributed by atoms with E-state index in [1.165, 1.54) is 20.9 Å². The molecular formula is C19H27N3OS+2. The van der Waals surface area contributed by atoms with Crippen LogP contribution in [0.5, 0.6) is 0 Å². The summed E-state index contributed by atoms with van der Waals surface area (Å²) in [5, 5.41) is 5.22. The molecule has 1 fully saturated rings. The van der Waals surface area contributed by atoms with E-state index in [9.17, 15) is 4.79 Å². The molecule has 0 unspecified atom stereocenters. The second kappa shape index (κ2) is 8.42. The van der Waals surface area contributed by atoms with Gasteiger partial charge in [-0.2, -0.15) is 0 Å². The zero-order valence-electron chi connectivity index (χ0n) is 14.3. The predicted octanol–water partition coefficient (Wildman–Crippen LogP) is -0.344. The summed E-state index contributed by atoms with van der Waals surface area (Å²) < 4.78 is 0. The maximum absolute atomic E-state index is 12.2. The fourth-order valence-corrected chi connectivity index (χ4v) is 4.04. The van der Waals surface area contributed by atoms with E-state index in [0.29, 0.717) is 13.1 Å². The third kappa shape index (κ3) is 4.90. The van der Waals surface area contributed by atoms with Gasteiger partial charge in [0.05, 0.1) is 4.88 Å². The van der Waals surface area contributed by atoms with Crippen LogP contribution in [0, 0.1) is 6.92 Å². The van der Waals surface area contributed by atoms with Crippen LogP contribution in [0.1, 0.15) is 16.0 Å². The third-order valence-electron chi connectivity index (χ3n) is 4.82. The van der Waals surface area contributed by atoms with Crippen molar-refractivity contribution < 1.29 is 14.6 Å². The lowest BCUT2D eigenvalue weighted by Crippen LogP contribution is -3.28. The fraction of sp³-hybridized carbons (Fsp3) is 0.421. The number of amides is 1. The first-order chi connectivity index (χ1) is 11.7. The largest absolute Gasteiger partial charge is 0.347 e. The average Bonchev–Trinajstić information content (AvgIpc) is 3.09. The highest BCUT2D eigenvalue weighted by Gasteiger charge is 2.24. The number of carbonyl (C=O) groups excluding carboxylic acids is 1. The highest BCUT2D eigenvalue weighted by atomic mass is 32.1. The van der Waals surface area contributed by atoms with Gasteiger partial charge in [-0.25, -0.2) is 0 Å². The van der Waals surface area contributed by atoms with E-state index >= 15 is 0 Å². The summed E-state index contributed by atoms with van der Waals surface area (Å²) >= 11 is 1.84. The zero-order valence-corrected chi connectivity index (χ0v) is 15.1. The summed E-state index contributed by atoms with van der Waals surface area (Å²) in [6.45, 7) is 8.91. The molecular weight excluding hydrogens is 318 g/mol. The molecule has 0 bridgehead atoms. The van der Waals surface area contributed by atoms with E-state index in [1.54, 1.807) is 4.90 Å². The molecule has 1 saturated heterocycles. The maximum atomic E-state index is 12.2. The van der Waals surface area contributed by atoms with Crippen molar-refractivity contribution in [2.45, 2.75) is 20.0 Å². The number of benzene rings is 1. The number of rotatable bonds is 6. The molecule has 0 saturated carbocycles. The number of carbonyl (C=O) groups is 1. The molecule has 0 spiro atoms. The Labute approximate surface area is 148 Å². The maximum Gasteiger partial charge on any atom is 0.275 e. The summed E-state index contributed by atoms with van der Waals surface area (Å²) in [5.41, 5.74) is 2.43. The lowest BCUT2D eigenvalue weighted by Gasteiger charge is -2.29. The van der Waals surface area contributed by atoms with Gasteiger partial charge in [0, 0.05) is 6.54 Å². The molecule has 4 nitrogen and oxygen atoms in total.